The zero-order chi connectivity index (χ0) is 36.3. The van der Waals surface area contributed by atoms with Crippen LogP contribution in [0.15, 0.2) is 96.2 Å². The first-order valence-corrected chi connectivity index (χ1v) is 22.5. The molecule has 7 aromatic rings. The van der Waals surface area contributed by atoms with Crippen LogP contribution in [-0.4, -0.2) is 17.6 Å². The van der Waals surface area contributed by atoms with Gasteiger partial charge in [0, 0.05) is 45.8 Å². The minimum Gasteiger partial charge on any atom is -0.455 e. The highest BCUT2D eigenvalue weighted by Gasteiger charge is 2.45. The van der Waals surface area contributed by atoms with Crippen LogP contribution in [0.25, 0.3) is 61.3 Å². The number of furan rings is 1. The highest BCUT2D eigenvalue weighted by atomic mass is 28.3. The summed E-state index contributed by atoms with van der Waals surface area (Å²) in [6, 6.07) is 27.2. The van der Waals surface area contributed by atoms with Crippen LogP contribution in [0.4, 0.5) is 0 Å². The minimum absolute atomic E-state index is 0.196. The van der Waals surface area contributed by atoms with Crippen molar-refractivity contribution in [2.45, 2.75) is 85.0 Å². The molecule has 6 heteroatoms. The normalized spacial score (nSPS) is 17.5. The summed E-state index contributed by atoms with van der Waals surface area (Å²) in [5.41, 5.74) is 14.6. The molecule has 2 atom stereocenters. The van der Waals surface area contributed by atoms with Crippen molar-refractivity contribution in [2.75, 3.05) is 0 Å². The molecule has 5 nitrogen and oxygen atoms in total. The number of aryl methyl sites for hydroxylation is 3. The maximum Gasteiger partial charge on any atom is 0.298 e. The van der Waals surface area contributed by atoms with Crippen LogP contribution >= 0.6 is 0 Å². The van der Waals surface area contributed by atoms with Gasteiger partial charge in [0.2, 0.25) is 5.69 Å². The maximum absolute atomic E-state index is 6.82. The molecular weight excluding hydrogens is 653 g/mol. The van der Waals surface area contributed by atoms with E-state index in [2.05, 4.69) is 147 Å². The molecular formula is C46H50N4OSi+2. The van der Waals surface area contributed by atoms with Crippen molar-refractivity contribution in [3.05, 3.63) is 114 Å². The van der Waals surface area contributed by atoms with Crippen LogP contribution < -0.4 is 14.3 Å². The fourth-order valence-electron chi connectivity index (χ4n) is 9.57. The second kappa shape index (κ2) is 11.6. The van der Waals surface area contributed by atoms with Crippen LogP contribution in [0.1, 0.15) is 68.0 Å². The lowest BCUT2D eigenvalue weighted by molar-refractivity contribution is -0.719. The summed E-state index contributed by atoms with van der Waals surface area (Å²) in [7, 11) is 0.492. The van der Waals surface area contributed by atoms with Gasteiger partial charge >= 0.3 is 0 Å². The van der Waals surface area contributed by atoms with E-state index in [4.69, 9.17) is 16.0 Å². The molecule has 0 fully saturated rings. The maximum atomic E-state index is 6.82. The van der Waals surface area contributed by atoms with E-state index in [1.807, 2.05) is 6.20 Å². The van der Waals surface area contributed by atoms with Gasteiger partial charge in [-0.05, 0) is 60.4 Å². The van der Waals surface area contributed by atoms with Crippen LogP contribution in [0.5, 0.6) is 0 Å². The van der Waals surface area contributed by atoms with Gasteiger partial charge < -0.3 is 4.42 Å². The van der Waals surface area contributed by atoms with Crippen molar-refractivity contribution >= 4 is 51.9 Å². The summed E-state index contributed by atoms with van der Waals surface area (Å²) in [5, 5.41) is 3.88. The SMILES string of the molecule is C=C1CC2C(CCc3ccc4c(oc5ccccc54)c3-c3n(C)c4c(C)nccc4[n+]31)c1ccccc1-c1cc(CC(C)(C)C)c([Si](C)(C)C)c[n+]12. The summed E-state index contributed by atoms with van der Waals surface area (Å²) < 4.78 is 14.3. The molecule has 0 saturated heterocycles. The Morgan fingerprint density at radius 3 is 2.54 bits per heavy atom. The molecule has 2 unspecified atom stereocenters. The van der Waals surface area contributed by atoms with Gasteiger partial charge in [0.15, 0.2) is 28.9 Å². The van der Waals surface area contributed by atoms with Gasteiger partial charge in [0.25, 0.3) is 5.82 Å². The standard InChI is InChI=1S/C46H50N4OSi/c1-28-24-38-34(32-14-10-11-15-33(32)39-25-31(26-46(3,4)5)41(27-49(38)39)52(7,8)9)20-18-30-19-21-36-35-16-12-13-17-40(35)51-44(36)42(30)45-48(6)43-29(2)47-23-22-37(43)50(28)45/h10-17,19,21-23,25,27,34,38H,1,18,20,24,26H2,2-9H3/q+2. The molecule has 2 aliphatic rings. The van der Waals surface area contributed by atoms with Crippen LogP contribution in [0.3, 0.4) is 0 Å². The van der Waals surface area contributed by atoms with Crippen LogP contribution in [0, 0.1) is 12.3 Å². The lowest BCUT2D eigenvalue weighted by Gasteiger charge is -2.33. The topological polar surface area (TPSA) is 38.7 Å². The molecule has 0 amide bonds. The Hall–Kier alpha value is -4.81. The molecule has 0 saturated carbocycles. The number of allylic oxidation sites excluding steroid dienone is 1. The lowest BCUT2D eigenvalue weighted by Crippen LogP contribution is -2.54. The van der Waals surface area contributed by atoms with E-state index in [-0.39, 0.29) is 11.5 Å². The fraction of sp³-hybridized carbons (Fsp3) is 0.326. The predicted octanol–water partition coefficient (Wildman–Crippen LogP) is 9.97. The summed E-state index contributed by atoms with van der Waals surface area (Å²) in [5.74, 6) is 1.42. The number of pyridine rings is 2. The Morgan fingerprint density at radius 2 is 1.75 bits per heavy atom. The zero-order valence-corrected chi connectivity index (χ0v) is 33.0. The lowest BCUT2D eigenvalue weighted by atomic mass is 9.77. The van der Waals surface area contributed by atoms with Crippen molar-refractivity contribution in [3.8, 4) is 22.6 Å². The molecule has 9 rings (SSSR count). The molecule has 4 aromatic heterocycles. The highest BCUT2D eigenvalue weighted by Crippen LogP contribution is 2.46. The van der Waals surface area contributed by atoms with Gasteiger partial charge in [-0.15, -0.1) is 0 Å². The first-order valence-electron chi connectivity index (χ1n) is 19.0. The number of rotatable bonds is 2. The van der Waals surface area contributed by atoms with Gasteiger partial charge in [0.1, 0.15) is 16.8 Å². The first kappa shape index (κ1) is 33.1. The van der Waals surface area contributed by atoms with Gasteiger partial charge in [-0.2, -0.15) is 9.13 Å². The molecule has 2 aliphatic heterocycles. The van der Waals surface area contributed by atoms with Gasteiger partial charge in [0.05, 0.1) is 27.2 Å². The van der Waals surface area contributed by atoms with E-state index in [0.29, 0.717) is 5.92 Å². The predicted molar refractivity (Wildman–Crippen MR) is 217 cm³/mol. The van der Waals surface area contributed by atoms with Crippen molar-refractivity contribution < 1.29 is 13.6 Å². The van der Waals surface area contributed by atoms with E-state index >= 15 is 0 Å². The Morgan fingerprint density at radius 1 is 0.981 bits per heavy atom. The third kappa shape index (κ3) is 5.05. The third-order valence-electron chi connectivity index (χ3n) is 11.7. The number of fused-ring (bicyclic) bond motifs is 15. The smallest absolute Gasteiger partial charge is 0.298 e. The molecule has 0 bridgehead atoms. The van der Waals surface area contributed by atoms with E-state index in [1.165, 1.54) is 27.9 Å². The summed E-state index contributed by atoms with van der Waals surface area (Å²) in [4.78, 5) is 4.77. The van der Waals surface area contributed by atoms with Gasteiger partial charge in [-0.3, -0.25) is 4.98 Å². The van der Waals surface area contributed by atoms with E-state index < -0.39 is 8.07 Å². The zero-order valence-electron chi connectivity index (χ0n) is 32.0. The second-order valence-electron chi connectivity index (χ2n) is 17.6. The molecule has 0 spiro atoms. The molecule has 6 heterocycles. The number of imidazole rings is 1. The molecule has 262 valence electrons. The molecule has 52 heavy (non-hydrogen) atoms. The van der Waals surface area contributed by atoms with Crippen LogP contribution in [0.2, 0.25) is 19.6 Å². The van der Waals surface area contributed by atoms with E-state index in [9.17, 15) is 0 Å². The third-order valence-corrected chi connectivity index (χ3v) is 13.8. The largest absolute Gasteiger partial charge is 0.455 e. The van der Waals surface area contributed by atoms with Gasteiger partial charge in [-0.25, -0.2) is 4.57 Å². The monoisotopic (exact) mass is 702 g/mol. The number of hydrogen-bond acceptors (Lipinski definition) is 2. The number of hydrogen-bond donors (Lipinski definition) is 0. The quantitative estimate of drug-likeness (QED) is 0.133. The molecule has 0 radical (unpaired) electrons. The minimum atomic E-state index is -1.70. The number of aromatic nitrogens is 4. The summed E-state index contributed by atoms with van der Waals surface area (Å²) in [6.45, 7) is 21.7. The van der Waals surface area contributed by atoms with Crippen molar-refractivity contribution in [3.63, 3.8) is 0 Å². The highest BCUT2D eigenvalue weighted by molar-refractivity contribution is 6.89. The van der Waals surface area contributed by atoms with E-state index in [1.54, 1.807) is 5.19 Å². The van der Waals surface area contributed by atoms with Crippen molar-refractivity contribution in [2.24, 2.45) is 12.5 Å². The molecule has 0 N–H and O–H groups in total. The summed E-state index contributed by atoms with van der Waals surface area (Å²) >= 11 is 0. The average molecular weight is 703 g/mol. The second-order valence-corrected chi connectivity index (χ2v) is 22.7. The number of para-hydroxylation sites is 1. The first-order chi connectivity index (χ1) is 24.8. The number of nitrogens with zero attached hydrogens (tertiary/aromatic N) is 4. The Labute approximate surface area is 308 Å². The van der Waals surface area contributed by atoms with E-state index in [0.717, 1.165) is 81.4 Å². The molecule has 3 aromatic carbocycles. The van der Waals surface area contributed by atoms with Crippen molar-refractivity contribution in [1.82, 2.24) is 9.55 Å². The van der Waals surface area contributed by atoms with Crippen LogP contribution in [-0.2, 0) is 19.9 Å². The fourth-order valence-corrected chi connectivity index (χ4v) is 11.2. The Kier molecular flexibility index (Phi) is 7.37. The van der Waals surface area contributed by atoms with Gasteiger partial charge in [-0.1, -0.05) is 95.5 Å². The molecule has 0 aliphatic carbocycles. The summed E-state index contributed by atoms with van der Waals surface area (Å²) in [6.07, 6.45) is 8.38. The average Bonchev–Trinajstić information content (AvgIpc) is 3.62. The van der Waals surface area contributed by atoms with Crippen molar-refractivity contribution in [1.29, 1.82) is 0 Å². The number of benzene rings is 3. The Bertz CT molecular complexity index is 2610. The Balaban J connectivity index is 1.33.